The van der Waals surface area contributed by atoms with Crippen molar-refractivity contribution in [2.75, 3.05) is 19.8 Å². The minimum Gasteiger partial charge on any atom is -0.486 e. The van der Waals surface area contributed by atoms with E-state index in [2.05, 4.69) is 15.9 Å². The van der Waals surface area contributed by atoms with Gasteiger partial charge < -0.3 is 14.4 Å². The Kier molecular flexibility index (Phi) is 5.41. The van der Waals surface area contributed by atoms with Crippen molar-refractivity contribution in [3.8, 4) is 11.5 Å². The summed E-state index contributed by atoms with van der Waals surface area (Å²) >= 11 is 3.41. The number of carbonyl (C=O) groups excluding carboxylic acids is 1. The van der Waals surface area contributed by atoms with E-state index >= 15 is 0 Å². The van der Waals surface area contributed by atoms with Crippen molar-refractivity contribution in [2.45, 2.75) is 19.9 Å². The van der Waals surface area contributed by atoms with Crippen molar-refractivity contribution < 1.29 is 14.3 Å². The first kappa shape index (κ1) is 16.8. The maximum atomic E-state index is 12.6. The maximum Gasteiger partial charge on any atom is 0.227 e. The van der Waals surface area contributed by atoms with Gasteiger partial charge in [-0.05, 0) is 42.3 Å². The molecule has 1 aliphatic rings. The van der Waals surface area contributed by atoms with Crippen molar-refractivity contribution in [2.24, 2.45) is 0 Å². The van der Waals surface area contributed by atoms with Crippen LogP contribution in [-0.2, 0) is 17.8 Å². The van der Waals surface area contributed by atoms with E-state index in [0.717, 1.165) is 27.1 Å². The third-order valence-electron chi connectivity index (χ3n) is 3.98. The molecule has 0 aromatic heterocycles. The number of fused-ring (bicyclic) bond motifs is 1. The van der Waals surface area contributed by atoms with Crippen LogP contribution in [0.5, 0.6) is 11.5 Å². The van der Waals surface area contributed by atoms with Crippen LogP contribution in [0.1, 0.15) is 18.1 Å². The van der Waals surface area contributed by atoms with Gasteiger partial charge in [-0.1, -0.05) is 34.1 Å². The zero-order valence-electron chi connectivity index (χ0n) is 13.6. The maximum absolute atomic E-state index is 12.6. The van der Waals surface area contributed by atoms with Crippen LogP contribution in [-0.4, -0.2) is 30.6 Å². The highest BCUT2D eigenvalue weighted by Crippen LogP contribution is 2.31. The fourth-order valence-corrected chi connectivity index (χ4v) is 2.94. The molecule has 24 heavy (non-hydrogen) atoms. The predicted molar refractivity (Wildman–Crippen MR) is 96.4 cm³/mol. The molecule has 126 valence electrons. The number of hydrogen-bond acceptors (Lipinski definition) is 3. The van der Waals surface area contributed by atoms with E-state index in [1.54, 1.807) is 0 Å². The number of ether oxygens (including phenoxy) is 2. The highest BCUT2D eigenvalue weighted by molar-refractivity contribution is 9.10. The zero-order chi connectivity index (χ0) is 16.9. The standard InChI is InChI=1S/C19H20BrNO3/c1-2-21(19(22)12-14-3-6-16(20)7-4-14)13-15-5-8-17-18(11-15)24-10-9-23-17/h3-8,11H,2,9-10,12-13H2,1H3. The lowest BCUT2D eigenvalue weighted by Crippen LogP contribution is -2.31. The van der Waals surface area contributed by atoms with E-state index in [1.165, 1.54) is 0 Å². The van der Waals surface area contributed by atoms with Gasteiger partial charge in [0.1, 0.15) is 13.2 Å². The predicted octanol–water partition coefficient (Wildman–Crippen LogP) is 3.81. The summed E-state index contributed by atoms with van der Waals surface area (Å²) in [5.41, 5.74) is 2.06. The van der Waals surface area contributed by atoms with Gasteiger partial charge in [0.15, 0.2) is 11.5 Å². The summed E-state index contributed by atoms with van der Waals surface area (Å²) < 4.78 is 12.2. The molecule has 4 nitrogen and oxygen atoms in total. The van der Waals surface area contributed by atoms with E-state index in [-0.39, 0.29) is 5.91 Å². The molecule has 0 spiro atoms. The van der Waals surface area contributed by atoms with Crippen LogP contribution in [0.4, 0.5) is 0 Å². The van der Waals surface area contributed by atoms with Crippen LogP contribution in [0.25, 0.3) is 0 Å². The van der Waals surface area contributed by atoms with Crippen molar-refractivity contribution >= 4 is 21.8 Å². The molecular weight excluding hydrogens is 370 g/mol. The van der Waals surface area contributed by atoms with Crippen LogP contribution >= 0.6 is 15.9 Å². The lowest BCUT2D eigenvalue weighted by atomic mass is 10.1. The smallest absolute Gasteiger partial charge is 0.227 e. The third kappa shape index (κ3) is 4.09. The molecule has 1 amide bonds. The third-order valence-corrected chi connectivity index (χ3v) is 4.51. The highest BCUT2D eigenvalue weighted by Gasteiger charge is 2.16. The van der Waals surface area contributed by atoms with E-state index in [1.807, 2.05) is 54.3 Å². The van der Waals surface area contributed by atoms with E-state index in [4.69, 9.17) is 9.47 Å². The second-order valence-corrected chi connectivity index (χ2v) is 6.60. The van der Waals surface area contributed by atoms with Gasteiger partial charge >= 0.3 is 0 Å². The summed E-state index contributed by atoms with van der Waals surface area (Å²) in [6.07, 6.45) is 0.408. The molecule has 0 saturated heterocycles. The molecule has 3 rings (SSSR count). The van der Waals surface area contributed by atoms with Crippen molar-refractivity contribution in [3.05, 3.63) is 58.1 Å². The summed E-state index contributed by atoms with van der Waals surface area (Å²) in [5, 5.41) is 0. The Balaban J connectivity index is 1.67. The molecule has 0 fully saturated rings. The van der Waals surface area contributed by atoms with Crippen LogP contribution in [0, 0.1) is 0 Å². The second kappa shape index (κ2) is 7.71. The van der Waals surface area contributed by atoms with E-state index in [0.29, 0.717) is 32.7 Å². The molecule has 0 unspecified atom stereocenters. The number of rotatable bonds is 5. The Bertz CT molecular complexity index is 715. The fraction of sp³-hybridized carbons (Fsp3) is 0.316. The van der Waals surface area contributed by atoms with Gasteiger partial charge in [0, 0.05) is 17.6 Å². The van der Waals surface area contributed by atoms with Gasteiger partial charge in [-0.25, -0.2) is 0 Å². The quantitative estimate of drug-likeness (QED) is 0.780. The number of halogens is 1. The molecule has 2 aromatic rings. The van der Waals surface area contributed by atoms with Crippen molar-refractivity contribution in [1.29, 1.82) is 0 Å². The Hall–Kier alpha value is -2.01. The normalized spacial score (nSPS) is 12.8. The molecule has 0 bridgehead atoms. The first-order valence-electron chi connectivity index (χ1n) is 8.06. The Morgan fingerprint density at radius 3 is 2.42 bits per heavy atom. The fourth-order valence-electron chi connectivity index (χ4n) is 2.67. The minimum absolute atomic E-state index is 0.120. The van der Waals surface area contributed by atoms with Gasteiger partial charge in [-0.2, -0.15) is 0 Å². The SMILES string of the molecule is CCN(Cc1ccc2c(c1)OCCO2)C(=O)Cc1ccc(Br)cc1. The Morgan fingerprint density at radius 2 is 1.71 bits per heavy atom. The van der Waals surface area contributed by atoms with Crippen molar-refractivity contribution in [1.82, 2.24) is 4.90 Å². The summed E-state index contributed by atoms with van der Waals surface area (Å²) in [7, 11) is 0. The average molecular weight is 390 g/mol. The number of carbonyl (C=O) groups is 1. The second-order valence-electron chi connectivity index (χ2n) is 5.69. The van der Waals surface area contributed by atoms with Gasteiger partial charge in [0.25, 0.3) is 0 Å². The first-order valence-corrected chi connectivity index (χ1v) is 8.85. The van der Waals surface area contributed by atoms with Gasteiger partial charge in [-0.15, -0.1) is 0 Å². The number of nitrogens with zero attached hydrogens (tertiary/aromatic N) is 1. The van der Waals surface area contributed by atoms with Crippen LogP contribution in [0.2, 0.25) is 0 Å². The molecule has 0 aliphatic carbocycles. The van der Waals surface area contributed by atoms with E-state index in [9.17, 15) is 4.79 Å². The number of amides is 1. The number of benzene rings is 2. The molecule has 1 heterocycles. The summed E-state index contributed by atoms with van der Waals surface area (Å²) in [6.45, 7) is 4.39. The Labute approximate surface area is 150 Å². The van der Waals surface area contributed by atoms with Crippen LogP contribution in [0.3, 0.4) is 0 Å². The zero-order valence-corrected chi connectivity index (χ0v) is 15.2. The molecule has 1 aliphatic heterocycles. The first-order chi connectivity index (χ1) is 11.7. The largest absolute Gasteiger partial charge is 0.486 e. The highest BCUT2D eigenvalue weighted by atomic mass is 79.9. The lowest BCUT2D eigenvalue weighted by molar-refractivity contribution is -0.130. The average Bonchev–Trinajstić information content (AvgIpc) is 2.61. The van der Waals surface area contributed by atoms with Crippen LogP contribution < -0.4 is 9.47 Å². The van der Waals surface area contributed by atoms with Crippen LogP contribution in [0.15, 0.2) is 46.9 Å². The number of likely N-dealkylation sites (N-methyl/N-ethyl adjacent to an activating group) is 1. The minimum atomic E-state index is 0.120. The summed E-state index contributed by atoms with van der Waals surface area (Å²) in [4.78, 5) is 14.4. The molecule has 5 heteroatoms. The van der Waals surface area contributed by atoms with Gasteiger partial charge in [-0.3, -0.25) is 4.79 Å². The van der Waals surface area contributed by atoms with Crippen molar-refractivity contribution in [3.63, 3.8) is 0 Å². The number of hydrogen-bond donors (Lipinski definition) is 0. The summed E-state index contributed by atoms with van der Waals surface area (Å²) in [5.74, 6) is 1.65. The van der Waals surface area contributed by atoms with E-state index < -0.39 is 0 Å². The molecule has 0 radical (unpaired) electrons. The monoisotopic (exact) mass is 389 g/mol. The van der Waals surface area contributed by atoms with Gasteiger partial charge in [0.2, 0.25) is 5.91 Å². The molecule has 0 atom stereocenters. The summed E-state index contributed by atoms with van der Waals surface area (Å²) in [6, 6.07) is 13.7. The molecule has 0 saturated carbocycles. The molecule has 2 aromatic carbocycles. The Morgan fingerprint density at radius 1 is 1.04 bits per heavy atom. The lowest BCUT2D eigenvalue weighted by Gasteiger charge is -2.23. The molecular formula is C19H20BrNO3. The molecule has 0 N–H and O–H groups in total. The van der Waals surface area contributed by atoms with Gasteiger partial charge in [0.05, 0.1) is 6.42 Å². The topological polar surface area (TPSA) is 38.8 Å².